The second kappa shape index (κ2) is 12.0. The molecule has 4 rings (SSSR count). The minimum Gasteiger partial charge on any atom is -0.497 e. The monoisotopic (exact) mass is 512 g/mol. The van der Waals surface area contributed by atoms with Gasteiger partial charge in [-0.15, -0.1) is 0 Å². The van der Waals surface area contributed by atoms with Crippen molar-refractivity contribution < 1.29 is 19.0 Å². The highest BCUT2D eigenvalue weighted by Crippen LogP contribution is 2.44. The van der Waals surface area contributed by atoms with Crippen LogP contribution in [0.15, 0.2) is 54.7 Å². The number of carbonyl (C=O) groups is 1. The maximum atomic E-state index is 15.7. The fourth-order valence-corrected chi connectivity index (χ4v) is 5.70. The Morgan fingerprint density at radius 1 is 1.22 bits per heavy atom. The van der Waals surface area contributed by atoms with E-state index in [1.165, 1.54) is 11.8 Å². The maximum absolute atomic E-state index is 15.7. The Morgan fingerprint density at radius 3 is 2.67 bits per heavy atom. The highest BCUT2D eigenvalue weighted by Gasteiger charge is 2.37. The zero-order valence-corrected chi connectivity index (χ0v) is 21.5. The average molecular weight is 513 g/mol. The van der Waals surface area contributed by atoms with Crippen LogP contribution in [0.1, 0.15) is 55.8 Å². The molecular weight excluding hydrogens is 479 g/mol. The summed E-state index contributed by atoms with van der Waals surface area (Å²) >= 11 is 6.40. The van der Waals surface area contributed by atoms with E-state index in [0.717, 1.165) is 45.3 Å². The van der Waals surface area contributed by atoms with Gasteiger partial charge >= 0.3 is 5.97 Å². The predicted molar refractivity (Wildman–Crippen MR) is 142 cm³/mol. The van der Waals surface area contributed by atoms with Crippen LogP contribution in [0.25, 0.3) is 10.9 Å². The number of halogens is 2. The van der Waals surface area contributed by atoms with Crippen molar-refractivity contribution >= 4 is 28.5 Å². The summed E-state index contributed by atoms with van der Waals surface area (Å²) in [6, 6.07) is 15.8. The lowest BCUT2D eigenvalue weighted by Gasteiger charge is -2.41. The number of likely N-dealkylation sites (tertiary alicyclic amines) is 1. The molecule has 3 aromatic rings. The van der Waals surface area contributed by atoms with Crippen LogP contribution < -0.4 is 4.74 Å². The number of carboxylic acids is 1. The van der Waals surface area contributed by atoms with Crippen molar-refractivity contribution in [2.24, 2.45) is 5.41 Å². The molecule has 1 aliphatic heterocycles. The van der Waals surface area contributed by atoms with Gasteiger partial charge in [0.1, 0.15) is 11.9 Å². The highest BCUT2D eigenvalue weighted by atomic mass is 35.5. The van der Waals surface area contributed by atoms with Crippen molar-refractivity contribution in [2.75, 3.05) is 26.7 Å². The van der Waals surface area contributed by atoms with E-state index < -0.39 is 17.6 Å². The van der Waals surface area contributed by atoms with Gasteiger partial charge in [-0.1, -0.05) is 41.9 Å². The van der Waals surface area contributed by atoms with Crippen molar-refractivity contribution in [1.29, 1.82) is 0 Å². The molecule has 1 unspecified atom stereocenters. The zero-order chi connectivity index (χ0) is 25.5. The fraction of sp³-hybridized carbons (Fsp3) is 0.448. The molecule has 192 valence electrons. The molecule has 5 nitrogen and oxygen atoms in total. The number of hydrogen-bond donors (Lipinski definition) is 1. The Kier molecular flexibility index (Phi) is 8.81. The number of methoxy groups -OCH3 is 1. The Bertz CT molecular complexity index is 1170. The quantitative estimate of drug-likeness (QED) is 0.303. The number of piperidine rings is 1. The number of benzene rings is 2. The van der Waals surface area contributed by atoms with E-state index in [1.807, 2.05) is 6.07 Å². The van der Waals surface area contributed by atoms with Crippen molar-refractivity contribution in [3.05, 3.63) is 70.9 Å². The lowest BCUT2D eigenvalue weighted by Crippen LogP contribution is -2.41. The van der Waals surface area contributed by atoms with Crippen LogP contribution >= 0.6 is 11.6 Å². The topological polar surface area (TPSA) is 62.7 Å². The number of carboxylic acid groups (broad SMARTS) is 1. The molecule has 1 fully saturated rings. The van der Waals surface area contributed by atoms with E-state index in [1.54, 1.807) is 25.3 Å². The molecule has 0 radical (unpaired) electrons. The molecule has 0 aliphatic carbocycles. The van der Waals surface area contributed by atoms with Gasteiger partial charge in [0, 0.05) is 17.1 Å². The third kappa shape index (κ3) is 6.54. The molecule has 7 heteroatoms. The van der Waals surface area contributed by atoms with E-state index in [2.05, 4.69) is 34.1 Å². The Morgan fingerprint density at radius 2 is 1.97 bits per heavy atom. The van der Waals surface area contributed by atoms with Crippen LogP contribution in [-0.4, -0.2) is 47.7 Å². The van der Waals surface area contributed by atoms with Gasteiger partial charge in [0.25, 0.3) is 0 Å². The second-order valence-corrected chi connectivity index (χ2v) is 10.3. The van der Waals surface area contributed by atoms with Crippen LogP contribution in [0.3, 0.4) is 0 Å². The van der Waals surface area contributed by atoms with Gasteiger partial charge in [-0.2, -0.15) is 0 Å². The van der Waals surface area contributed by atoms with Gasteiger partial charge in [-0.3, -0.25) is 9.78 Å². The van der Waals surface area contributed by atoms with Gasteiger partial charge < -0.3 is 14.7 Å². The number of aryl methyl sites for hydroxylation is 1. The van der Waals surface area contributed by atoms with E-state index in [0.29, 0.717) is 28.6 Å². The van der Waals surface area contributed by atoms with Crippen LogP contribution in [0.4, 0.5) is 4.39 Å². The Labute approximate surface area is 217 Å². The first-order valence-corrected chi connectivity index (χ1v) is 13.0. The minimum absolute atomic E-state index is 0.0657. The number of rotatable bonds is 11. The van der Waals surface area contributed by atoms with Crippen LogP contribution in [0.5, 0.6) is 5.75 Å². The second-order valence-electron chi connectivity index (χ2n) is 9.91. The zero-order valence-electron chi connectivity index (χ0n) is 20.8. The summed E-state index contributed by atoms with van der Waals surface area (Å²) in [5.41, 5.74) is 1.99. The van der Waals surface area contributed by atoms with Crippen molar-refractivity contribution in [3.63, 3.8) is 0 Å². The van der Waals surface area contributed by atoms with Crippen LogP contribution in [0, 0.1) is 5.41 Å². The lowest BCUT2D eigenvalue weighted by molar-refractivity contribution is -0.141. The summed E-state index contributed by atoms with van der Waals surface area (Å²) in [6.45, 7) is 2.68. The Hall–Kier alpha value is -2.70. The molecule has 1 aromatic heterocycles. The molecule has 1 N–H and O–H groups in total. The molecule has 0 amide bonds. The number of aliphatic carboxylic acids is 1. The normalized spacial score (nSPS) is 16.6. The summed E-state index contributed by atoms with van der Waals surface area (Å²) in [7, 11) is 1.56. The van der Waals surface area contributed by atoms with Crippen molar-refractivity contribution in [3.8, 4) is 5.75 Å². The van der Waals surface area contributed by atoms with E-state index in [-0.39, 0.29) is 17.9 Å². The number of hydrogen-bond acceptors (Lipinski definition) is 4. The fourth-order valence-electron chi connectivity index (χ4n) is 5.43. The molecule has 2 aromatic carbocycles. The van der Waals surface area contributed by atoms with Crippen molar-refractivity contribution in [1.82, 2.24) is 9.88 Å². The molecular formula is C29H34ClFN2O3. The summed E-state index contributed by atoms with van der Waals surface area (Å²) in [6.07, 6.45) is 4.58. The molecule has 36 heavy (non-hydrogen) atoms. The maximum Gasteiger partial charge on any atom is 0.303 e. The first-order valence-electron chi connectivity index (χ1n) is 12.6. The summed E-state index contributed by atoms with van der Waals surface area (Å²) in [5, 5.41) is 10.6. The predicted octanol–water partition coefficient (Wildman–Crippen LogP) is 6.88. The molecule has 1 atom stereocenters. The van der Waals surface area contributed by atoms with E-state index in [9.17, 15) is 9.90 Å². The third-order valence-corrected chi connectivity index (χ3v) is 7.84. The number of alkyl halides is 1. The van der Waals surface area contributed by atoms with Gasteiger partial charge in [0.2, 0.25) is 0 Å². The molecule has 1 saturated heterocycles. The smallest absolute Gasteiger partial charge is 0.303 e. The van der Waals surface area contributed by atoms with Crippen LogP contribution in [-0.2, 0) is 11.2 Å². The number of nitrogens with zero attached hydrogens (tertiary/aromatic N) is 2. The van der Waals surface area contributed by atoms with Crippen LogP contribution in [0.2, 0.25) is 5.02 Å². The minimum atomic E-state index is -1.32. The number of pyridine rings is 1. The first-order chi connectivity index (χ1) is 17.4. The number of fused-ring (bicyclic) bond motifs is 1. The summed E-state index contributed by atoms with van der Waals surface area (Å²) < 4.78 is 21.0. The lowest BCUT2D eigenvalue weighted by atomic mass is 9.71. The largest absolute Gasteiger partial charge is 0.497 e. The molecule has 0 saturated carbocycles. The highest BCUT2D eigenvalue weighted by molar-refractivity contribution is 6.32. The SMILES string of the molecule is COc1ccc2ncc(Cl)c(C(F)CCC3(CC(=O)O)CCN(CCCc4ccccc4)CC3)c2c1. The van der Waals surface area contributed by atoms with Crippen molar-refractivity contribution in [2.45, 2.75) is 51.1 Å². The van der Waals surface area contributed by atoms with E-state index >= 15 is 4.39 Å². The van der Waals surface area contributed by atoms with Gasteiger partial charge in [0.05, 0.1) is 24.1 Å². The summed E-state index contributed by atoms with van der Waals surface area (Å²) in [5.74, 6) is -0.206. The molecule has 2 heterocycles. The standard InChI is InChI=1S/C29H34ClFN2O3/c1-36-22-9-10-26-23(18-22)28(24(30)20-32-26)25(31)11-12-29(19-27(34)35)13-16-33(17-14-29)15-5-8-21-6-3-2-4-7-21/h2-4,6-7,9-10,18,20,25H,5,8,11-17,19H2,1H3,(H,34,35). The van der Waals surface area contributed by atoms with Gasteiger partial charge in [-0.05, 0) is 87.3 Å². The molecule has 1 aliphatic rings. The number of aromatic nitrogens is 1. The average Bonchev–Trinajstić information content (AvgIpc) is 2.88. The Balaban J connectivity index is 1.39. The van der Waals surface area contributed by atoms with Gasteiger partial charge in [-0.25, -0.2) is 4.39 Å². The van der Waals surface area contributed by atoms with Gasteiger partial charge in [0.15, 0.2) is 0 Å². The molecule has 0 spiro atoms. The summed E-state index contributed by atoms with van der Waals surface area (Å²) in [4.78, 5) is 18.5. The first kappa shape index (κ1) is 26.4. The number of ether oxygens (including phenoxy) is 1. The third-order valence-electron chi connectivity index (χ3n) is 7.54. The molecule has 0 bridgehead atoms. The van der Waals surface area contributed by atoms with E-state index in [4.69, 9.17) is 16.3 Å².